The number of anilines is 1. The van der Waals surface area contributed by atoms with Gasteiger partial charge in [0.2, 0.25) is 11.5 Å². The quantitative estimate of drug-likeness (QED) is 0.180. The molecular formula is C21H23N7O5S2. The normalized spacial score (nSPS) is 19.8. The van der Waals surface area contributed by atoms with Crippen LogP contribution in [0.25, 0.3) is 0 Å². The third-order valence-corrected chi connectivity index (χ3v) is 7.26. The van der Waals surface area contributed by atoms with Gasteiger partial charge < -0.3 is 25.8 Å². The molecule has 12 nitrogen and oxygen atoms in total. The van der Waals surface area contributed by atoms with Crippen LogP contribution < -0.4 is 20.7 Å². The maximum Gasteiger partial charge on any atom is 0.278 e. The van der Waals surface area contributed by atoms with E-state index >= 15 is 0 Å². The summed E-state index contributed by atoms with van der Waals surface area (Å²) in [5.41, 5.74) is 6.89. The third-order valence-electron chi connectivity index (χ3n) is 5.38. The summed E-state index contributed by atoms with van der Waals surface area (Å²) in [6.07, 6.45) is 4.62. The number of carbonyl (C=O) groups excluding carboxylic acids is 3. The van der Waals surface area contributed by atoms with Gasteiger partial charge in [-0.3, -0.25) is 14.5 Å². The Bertz CT molecular complexity index is 1230. The predicted octanol–water partition coefficient (Wildman–Crippen LogP) is -1.19. The number of β-lactam (4-membered cyclic amide) rings is 1. The molecule has 4 rings (SSSR count). The molecule has 0 saturated carbocycles. The van der Waals surface area contributed by atoms with Crippen molar-refractivity contribution < 1.29 is 28.9 Å². The Morgan fingerprint density at radius 2 is 2.23 bits per heavy atom. The number of hydrogen-bond donors (Lipinski definition) is 2. The molecule has 184 valence electrons. The molecule has 0 spiro atoms. The van der Waals surface area contributed by atoms with Crippen LogP contribution in [-0.2, 0) is 32.2 Å². The van der Waals surface area contributed by atoms with E-state index in [1.165, 1.54) is 16.7 Å². The number of carbonyl (C=O) groups is 3. The van der Waals surface area contributed by atoms with Crippen molar-refractivity contribution in [2.24, 2.45) is 5.16 Å². The third kappa shape index (κ3) is 4.98. The van der Waals surface area contributed by atoms with Crippen LogP contribution in [0.5, 0.6) is 0 Å². The van der Waals surface area contributed by atoms with Crippen LogP contribution in [0.1, 0.15) is 25.2 Å². The second kappa shape index (κ2) is 10.4. The van der Waals surface area contributed by atoms with E-state index in [1.807, 2.05) is 36.0 Å². The largest absolute Gasteiger partial charge is 0.543 e. The number of fused-ring (bicyclic) bond motifs is 1. The molecule has 2 aliphatic heterocycles. The minimum Gasteiger partial charge on any atom is -0.543 e. The number of nitrogens with two attached hydrogens (primary N) is 1. The van der Waals surface area contributed by atoms with Crippen molar-refractivity contribution in [3.05, 3.63) is 47.2 Å². The number of thioether (sulfide) groups is 1. The van der Waals surface area contributed by atoms with E-state index in [2.05, 4.69) is 19.8 Å². The zero-order valence-electron chi connectivity index (χ0n) is 19.0. The lowest BCUT2D eigenvalue weighted by Crippen LogP contribution is -2.71. The molecule has 35 heavy (non-hydrogen) atoms. The van der Waals surface area contributed by atoms with Gasteiger partial charge in [-0.1, -0.05) is 12.1 Å². The Labute approximate surface area is 209 Å². The number of carboxylic acid groups (broad SMARTS) is 1. The number of hydrogen-bond acceptors (Lipinski definition) is 11. The second-order valence-corrected chi connectivity index (χ2v) is 9.54. The molecular weight excluding hydrogens is 494 g/mol. The van der Waals surface area contributed by atoms with Crippen LogP contribution in [0.3, 0.4) is 0 Å². The maximum absolute atomic E-state index is 13.0. The van der Waals surface area contributed by atoms with E-state index in [4.69, 9.17) is 10.6 Å². The van der Waals surface area contributed by atoms with Crippen molar-refractivity contribution in [3.8, 4) is 0 Å². The first-order valence-corrected chi connectivity index (χ1v) is 12.6. The number of carboxylic acids is 1. The number of amides is 2. The Morgan fingerprint density at radius 3 is 2.89 bits per heavy atom. The molecule has 1 unspecified atom stereocenters. The lowest BCUT2D eigenvalue weighted by molar-refractivity contribution is -0.689. The van der Waals surface area contributed by atoms with E-state index in [1.54, 1.807) is 6.92 Å². The average Bonchev–Trinajstić information content (AvgIpc) is 3.28. The maximum atomic E-state index is 13.0. The number of nitrogens with zero attached hydrogens (tertiary/aromatic N) is 5. The average molecular weight is 518 g/mol. The molecule has 2 aromatic rings. The van der Waals surface area contributed by atoms with Crippen molar-refractivity contribution in [2.45, 2.75) is 38.2 Å². The highest BCUT2D eigenvalue weighted by molar-refractivity contribution is 8.00. The molecule has 4 heterocycles. The molecule has 1 saturated heterocycles. The molecule has 2 aromatic heterocycles. The summed E-state index contributed by atoms with van der Waals surface area (Å²) in [5.74, 6) is -2.39. The van der Waals surface area contributed by atoms with E-state index in [-0.39, 0.29) is 29.0 Å². The molecule has 2 aliphatic rings. The van der Waals surface area contributed by atoms with Gasteiger partial charge in [0.25, 0.3) is 11.8 Å². The summed E-state index contributed by atoms with van der Waals surface area (Å²) in [5, 5.41) is 17.9. The minimum atomic E-state index is -1.43. The fourth-order valence-electron chi connectivity index (χ4n) is 3.75. The highest BCUT2D eigenvalue weighted by Gasteiger charge is 2.53. The fourth-order valence-corrected chi connectivity index (χ4v) is 5.52. The zero-order chi connectivity index (χ0) is 25.1. The standard InChI is InChI=1S/C21H23N7O5S2/c1-3-11-6-5-7-27(8-11)9-12-10-34-19-14(18(30)28(19)15(12)20(31)32)23-17(29)13(25-33-4-2)16-24-21(22)35-26-16/h5-8,14,19H,3-4,9-10H2,1-2H3,(H3-,22,23,24,26,29,31,32)/t14?,19-/m1/s1. The fraction of sp³-hybridized carbons (Fsp3) is 0.381. The highest BCUT2D eigenvalue weighted by Crippen LogP contribution is 2.40. The van der Waals surface area contributed by atoms with Crippen LogP contribution >= 0.6 is 23.3 Å². The molecule has 0 aliphatic carbocycles. The zero-order valence-corrected chi connectivity index (χ0v) is 20.6. The molecule has 1 fully saturated rings. The molecule has 14 heteroatoms. The van der Waals surface area contributed by atoms with Crippen molar-refractivity contribution in [1.82, 2.24) is 19.6 Å². The van der Waals surface area contributed by atoms with Crippen molar-refractivity contribution in [1.29, 1.82) is 0 Å². The van der Waals surface area contributed by atoms with Gasteiger partial charge in [-0.05, 0) is 19.4 Å². The summed E-state index contributed by atoms with van der Waals surface area (Å²) >= 11 is 2.25. The number of nitrogen functional groups attached to an aromatic ring is 1. The van der Waals surface area contributed by atoms with Gasteiger partial charge in [-0.25, -0.2) is 4.57 Å². The Kier molecular flexibility index (Phi) is 7.31. The minimum absolute atomic E-state index is 0.0256. The van der Waals surface area contributed by atoms with Crippen LogP contribution in [0.4, 0.5) is 5.13 Å². The number of oxime groups is 1. The van der Waals surface area contributed by atoms with Gasteiger partial charge >= 0.3 is 0 Å². The number of aromatic nitrogens is 3. The first-order valence-electron chi connectivity index (χ1n) is 10.8. The lowest BCUT2D eigenvalue weighted by Gasteiger charge is -2.50. The van der Waals surface area contributed by atoms with E-state index in [0.29, 0.717) is 17.9 Å². The van der Waals surface area contributed by atoms with Gasteiger partial charge in [0.15, 0.2) is 24.1 Å². The Morgan fingerprint density at radius 1 is 1.43 bits per heavy atom. The molecule has 2 amide bonds. The number of nitrogens with one attached hydrogen (secondary N) is 1. The Hall–Kier alpha value is -3.52. The molecule has 2 atom stereocenters. The molecule has 0 radical (unpaired) electrons. The summed E-state index contributed by atoms with van der Waals surface area (Å²) < 4.78 is 5.86. The molecule has 3 N–H and O–H groups in total. The van der Waals surface area contributed by atoms with Gasteiger partial charge in [-0.2, -0.15) is 9.36 Å². The van der Waals surface area contributed by atoms with E-state index in [9.17, 15) is 19.5 Å². The van der Waals surface area contributed by atoms with E-state index < -0.39 is 29.2 Å². The lowest BCUT2D eigenvalue weighted by atomic mass is 10.0. The SMILES string of the molecule is CCON=C(C(=O)NC1C(=O)N2C(C(=O)[O-])=C(C[n+]3cccc(CC)c3)CS[C@H]12)c1nsc(N)n1. The highest BCUT2D eigenvalue weighted by atomic mass is 32.2. The second-order valence-electron chi connectivity index (χ2n) is 7.65. The number of pyridine rings is 1. The predicted molar refractivity (Wildman–Crippen MR) is 126 cm³/mol. The van der Waals surface area contributed by atoms with Crippen LogP contribution in [0.2, 0.25) is 0 Å². The number of aliphatic carboxylic acids is 1. The van der Waals surface area contributed by atoms with Gasteiger partial charge in [0.05, 0.1) is 11.7 Å². The number of aryl methyl sites for hydroxylation is 1. The monoisotopic (exact) mass is 517 g/mol. The van der Waals surface area contributed by atoms with E-state index in [0.717, 1.165) is 23.5 Å². The summed E-state index contributed by atoms with van der Waals surface area (Å²) in [6, 6.07) is 2.92. The van der Waals surface area contributed by atoms with Crippen molar-refractivity contribution in [2.75, 3.05) is 18.1 Å². The summed E-state index contributed by atoms with van der Waals surface area (Å²) in [6.45, 7) is 4.23. The van der Waals surface area contributed by atoms with Crippen LogP contribution in [-0.4, -0.2) is 61.5 Å². The van der Waals surface area contributed by atoms with Crippen LogP contribution in [0, 0.1) is 0 Å². The Balaban J connectivity index is 1.53. The summed E-state index contributed by atoms with van der Waals surface area (Å²) in [4.78, 5) is 48.0. The first kappa shape index (κ1) is 24.6. The molecule has 0 aromatic carbocycles. The topological polar surface area (TPSA) is 167 Å². The summed E-state index contributed by atoms with van der Waals surface area (Å²) in [7, 11) is 0. The van der Waals surface area contributed by atoms with Crippen molar-refractivity contribution >= 4 is 51.9 Å². The van der Waals surface area contributed by atoms with Gasteiger partial charge in [-0.15, -0.1) is 11.8 Å². The van der Waals surface area contributed by atoms with Gasteiger partial charge in [0.1, 0.15) is 18.0 Å². The van der Waals surface area contributed by atoms with Gasteiger partial charge in [0, 0.05) is 34.5 Å². The molecule has 0 bridgehead atoms. The van der Waals surface area contributed by atoms with Crippen LogP contribution in [0.15, 0.2) is 41.0 Å². The number of rotatable bonds is 9. The smallest absolute Gasteiger partial charge is 0.278 e. The first-order chi connectivity index (χ1) is 16.8. The van der Waals surface area contributed by atoms with Crippen molar-refractivity contribution in [3.63, 3.8) is 0 Å².